The molecule has 0 aromatic heterocycles. The molecule has 0 bridgehead atoms. The van der Waals surface area contributed by atoms with Gasteiger partial charge in [-0.15, -0.1) is 0 Å². The van der Waals surface area contributed by atoms with E-state index in [4.69, 9.17) is 4.74 Å². The highest BCUT2D eigenvalue weighted by atomic mass is 16.5. The second-order valence-electron chi connectivity index (χ2n) is 6.16. The lowest BCUT2D eigenvalue weighted by Gasteiger charge is -2.22. The molecule has 1 spiro atoms. The summed E-state index contributed by atoms with van der Waals surface area (Å²) in [6.45, 7) is 4.76. The first-order valence-electron chi connectivity index (χ1n) is 7.56. The molecule has 21 heavy (non-hydrogen) atoms. The number of carbonyl (C=O) groups excluding carboxylic acids is 1. The van der Waals surface area contributed by atoms with E-state index in [1.807, 2.05) is 24.3 Å². The number of amides is 1. The van der Waals surface area contributed by atoms with Crippen LogP contribution >= 0.6 is 0 Å². The van der Waals surface area contributed by atoms with Crippen molar-refractivity contribution in [2.75, 3.05) is 45.2 Å². The van der Waals surface area contributed by atoms with Gasteiger partial charge in [-0.1, -0.05) is 0 Å². The molecule has 114 valence electrons. The Kier molecular flexibility index (Phi) is 4.12. The first-order valence-corrected chi connectivity index (χ1v) is 7.56. The average molecular weight is 289 g/mol. The van der Waals surface area contributed by atoms with Gasteiger partial charge in [-0.25, -0.2) is 0 Å². The molecule has 0 aliphatic carbocycles. The standard InChI is InChI=1S/C16H23N3O2/c1-21-14-4-2-13(3-5-14)18-15(20)10-19-9-7-16(12-19)6-8-17-11-16/h2-5,17H,6-12H2,1H3,(H,18,20). The molecule has 0 saturated carbocycles. The van der Waals surface area contributed by atoms with Gasteiger partial charge in [0.15, 0.2) is 0 Å². The van der Waals surface area contributed by atoms with Crippen LogP contribution in [0.4, 0.5) is 5.69 Å². The molecule has 2 aliphatic heterocycles. The van der Waals surface area contributed by atoms with Crippen molar-refractivity contribution in [3.8, 4) is 5.75 Å². The molecule has 2 aliphatic rings. The number of benzene rings is 1. The van der Waals surface area contributed by atoms with Gasteiger partial charge in [0.05, 0.1) is 13.7 Å². The fraction of sp³-hybridized carbons (Fsp3) is 0.562. The van der Waals surface area contributed by atoms with Crippen molar-refractivity contribution >= 4 is 11.6 Å². The lowest BCUT2D eigenvalue weighted by molar-refractivity contribution is -0.117. The molecule has 1 aromatic carbocycles. The van der Waals surface area contributed by atoms with Gasteiger partial charge in [0.1, 0.15) is 5.75 Å². The minimum absolute atomic E-state index is 0.0585. The number of hydrogen-bond acceptors (Lipinski definition) is 4. The van der Waals surface area contributed by atoms with Crippen molar-refractivity contribution < 1.29 is 9.53 Å². The SMILES string of the molecule is COc1ccc(NC(=O)CN2CCC3(CCNC3)C2)cc1. The highest BCUT2D eigenvalue weighted by Crippen LogP contribution is 2.35. The molecule has 5 nitrogen and oxygen atoms in total. The smallest absolute Gasteiger partial charge is 0.238 e. The van der Waals surface area contributed by atoms with E-state index in [0.29, 0.717) is 12.0 Å². The molecule has 2 fully saturated rings. The summed E-state index contributed by atoms with van der Waals surface area (Å²) in [6.07, 6.45) is 2.44. The van der Waals surface area contributed by atoms with Crippen LogP contribution in [0.2, 0.25) is 0 Å². The molecule has 2 saturated heterocycles. The number of rotatable bonds is 4. The third-order valence-electron chi connectivity index (χ3n) is 4.59. The Morgan fingerprint density at radius 2 is 2.19 bits per heavy atom. The van der Waals surface area contributed by atoms with Crippen LogP contribution in [0.5, 0.6) is 5.75 Å². The van der Waals surface area contributed by atoms with Crippen LogP contribution in [0.3, 0.4) is 0 Å². The summed E-state index contributed by atoms with van der Waals surface area (Å²) < 4.78 is 5.11. The fourth-order valence-electron chi connectivity index (χ4n) is 3.38. The number of ether oxygens (including phenoxy) is 1. The molecule has 1 atom stereocenters. The van der Waals surface area contributed by atoms with Gasteiger partial charge in [-0.2, -0.15) is 0 Å². The predicted octanol–water partition coefficient (Wildman–Crippen LogP) is 1.32. The summed E-state index contributed by atoms with van der Waals surface area (Å²) in [6, 6.07) is 7.43. The van der Waals surface area contributed by atoms with Crippen molar-refractivity contribution in [3.63, 3.8) is 0 Å². The Hall–Kier alpha value is -1.59. The van der Waals surface area contributed by atoms with Crippen LogP contribution in [0.25, 0.3) is 0 Å². The topological polar surface area (TPSA) is 53.6 Å². The normalized spacial score (nSPS) is 25.4. The van der Waals surface area contributed by atoms with Crippen LogP contribution in [-0.2, 0) is 4.79 Å². The molecular weight excluding hydrogens is 266 g/mol. The number of nitrogens with one attached hydrogen (secondary N) is 2. The molecule has 3 rings (SSSR count). The lowest BCUT2D eigenvalue weighted by atomic mass is 9.87. The van der Waals surface area contributed by atoms with Crippen LogP contribution < -0.4 is 15.4 Å². The van der Waals surface area contributed by atoms with E-state index in [1.54, 1.807) is 7.11 Å². The van der Waals surface area contributed by atoms with Crippen molar-refractivity contribution in [2.24, 2.45) is 5.41 Å². The minimum atomic E-state index is 0.0585. The van der Waals surface area contributed by atoms with Crippen molar-refractivity contribution in [1.29, 1.82) is 0 Å². The van der Waals surface area contributed by atoms with Crippen molar-refractivity contribution in [1.82, 2.24) is 10.2 Å². The van der Waals surface area contributed by atoms with E-state index in [-0.39, 0.29) is 5.91 Å². The van der Waals surface area contributed by atoms with Gasteiger partial charge in [0.25, 0.3) is 0 Å². The van der Waals surface area contributed by atoms with Gasteiger partial charge in [-0.3, -0.25) is 9.69 Å². The van der Waals surface area contributed by atoms with E-state index in [2.05, 4.69) is 15.5 Å². The van der Waals surface area contributed by atoms with Crippen molar-refractivity contribution in [3.05, 3.63) is 24.3 Å². The number of nitrogens with zero attached hydrogens (tertiary/aromatic N) is 1. The Bertz CT molecular complexity index is 495. The molecule has 1 unspecified atom stereocenters. The van der Waals surface area contributed by atoms with Gasteiger partial charge in [-0.05, 0) is 55.6 Å². The maximum absolute atomic E-state index is 12.1. The van der Waals surface area contributed by atoms with Gasteiger partial charge in [0, 0.05) is 18.8 Å². The van der Waals surface area contributed by atoms with Crippen LogP contribution in [-0.4, -0.2) is 50.6 Å². The Morgan fingerprint density at radius 1 is 1.38 bits per heavy atom. The molecule has 2 N–H and O–H groups in total. The zero-order chi connectivity index (χ0) is 14.7. The van der Waals surface area contributed by atoms with Crippen LogP contribution in [0, 0.1) is 5.41 Å². The maximum atomic E-state index is 12.1. The Labute approximate surface area is 125 Å². The zero-order valence-corrected chi connectivity index (χ0v) is 12.5. The average Bonchev–Trinajstić information content (AvgIpc) is 3.10. The zero-order valence-electron chi connectivity index (χ0n) is 12.5. The number of hydrogen-bond donors (Lipinski definition) is 2. The monoisotopic (exact) mass is 289 g/mol. The highest BCUT2D eigenvalue weighted by molar-refractivity contribution is 5.92. The minimum Gasteiger partial charge on any atom is -0.497 e. The molecular formula is C16H23N3O2. The summed E-state index contributed by atoms with van der Waals surface area (Å²) in [4.78, 5) is 14.4. The van der Waals surface area contributed by atoms with Crippen molar-refractivity contribution in [2.45, 2.75) is 12.8 Å². The van der Waals surface area contributed by atoms with E-state index < -0.39 is 0 Å². The Balaban J connectivity index is 1.50. The van der Waals surface area contributed by atoms with E-state index in [9.17, 15) is 4.79 Å². The summed E-state index contributed by atoms with van der Waals surface area (Å²) in [5.41, 5.74) is 1.23. The number of likely N-dealkylation sites (tertiary alicyclic amines) is 1. The van der Waals surface area contributed by atoms with Gasteiger partial charge >= 0.3 is 0 Å². The van der Waals surface area contributed by atoms with E-state index >= 15 is 0 Å². The molecule has 1 amide bonds. The van der Waals surface area contributed by atoms with Crippen LogP contribution in [0.15, 0.2) is 24.3 Å². The summed E-state index contributed by atoms with van der Waals surface area (Å²) >= 11 is 0. The lowest BCUT2D eigenvalue weighted by Crippen LogP contribution is -2.34. The summed E-state index contributed by atoms with van der Waals surface area (Å²) in [5, 5.41) is 6.39. The first-order chi connectivity index (χ1) is 10.2. The summed E-state index contributed by atoms with van der Waals surface area (Å²) in [5.74, 6) is 0.853. The van der Waals surface area contributed by atoms with E-state index in [0.717, 1.165) is 37.6 Å². The van der Waals surface area contributed by atoms with E-state index in [1.165, 1.54) is 12.8 Å². The van der Waals surface area contributed by atoms with Gasteiger partial charge in [0.2, 0.25) is 5.91 Å². The molecule has 2 heterocycles. The molecule has 1 aromatic rings. The third kappa shape index (κ3) is 3.36. The second-order valence-corrected chi connectivity index (χ2v) is 6.16. The predicted molar refractivity (Wildman–Crippen MR) is 82.6 cm³/mol. The highest BCUT2D eigenvalue weighted by Gasteiger charge is 2.40. The number of methoxy groups -OCH3 is 1. The second kappa shape index (κ2) is 6.03. The molecule has 0 radical (unpaired) electrons. The number of anilines is 1. The summed E-state index contributed by atoms with van der Waals surface area (Å²) in [7, 11) is 1.63. The number of carbonyl (C=O) groups is 1. The van der Waals surface area contributed by atoms with Crippen LogP contribution in [0.1, 0.15) is 12.8 Å². The van der Waals surface area contributed by atoms with Gasteiger partial charge < -0.3 is 15.4 Å². The maximum Gasteiger partial charge on any atom is 0.238 e. The largest absolute Gasteiger partial charge is 0.497 e. The fourth-order valence-corrected chi connectivity index (χ4v) is 3.38. The Morgan fingerprint density at radius 3 is 2.86 bits per heavy atom. The molecule has 5 heteroatoms. The third-order valence-corrected chi connectivity index (χ3v) is 4.59. The quantitative estimate of drug-likeness (QED) is 0.878. The first kappa shape index (κ1) is 14.4.